The Bertz CT molecular complexity index is 740. The molecule has 5 nitrogen and oxygen atoms in total. The molecule has 0 aliphatic heterocycles. The summed E-state index contributed by atoms with van der Waals surface area (Å²) in [5.41, 5.74) is 9.38. The van der Waals surface area contributed by atoms with Gasteiger partial charge in [-0.05, 0) is 56.9 Å². The summed E-state index contributed by atoms with van der Waals surface area (Å²) >= 11 is 0. The van der Waals surface area contributed by atoms with E-state index >= 15 is 0 Å². The van der Waals surface area contributed by atoms with E-state index in [0.717, 1.165) is 22.6 Å². The number of carbonyl (C=O) groups excluding carboxylic acids is 1. The fourth-order valence-electron chi connectivity index (χ4n) is 2.91. The number of aromatic nitrogens is 2. The minimum absolute atomic E-state index is 0. The Morgan fingerprint density at radius 2 is 2.00 bits per heavy atom. The van der Waals surface area contributed by atoms with Crippen LogP contribution in [-0.2, 0) is 11.2 Å². The maximum atomic E-state index is 13.1. The highest BCUT2D eigenvalue weighted by Crippen LogP contribution is 2.31. The number of nitrogens with two attached hydrogens (primary N) is 1. The van der Waals surface area contributed by atoms with Gasteiger partial charge in [0.25, 0.3) is 0 Å². The number of hydrogen-bond acceptors (Lipinski definition) is 3. The molecule has 1 aliphatic rings. The van der Waals surface area contributed by atoms with Crippen molar-refractivity contribution in [3.8, 4) is 5.69 Å². The summed E-state index contributed by atoms with van der Waals surface area (Å²) in [4.78, 5) is 12.2. The predicted molar refractivity (Wildman–Crippen MR) is 97.7 cm³/mol. The SMILES string of the molecule is Cc1nn(-c2ccc(F)cc2)c(C)c1CC(=O)NCC(N)C1CC1.Cl. The lowest BCUT2D eigenvalue weighted by Gasteiger charge is -2.11. The molecule has 1 amide bonds. The molecular formula is C18H24ClFN4O. The molecular weight excluding hydrogens is 343 g/mol. The van der Waals surface area contributed by atoms with E-state index in [4.69, 9.17) is 5.73 Å². The van der Waals surface area contributed by atoms with Gasteiger partial charge in [-0.25, -0.2) is 9.07 Å². The van der Waals surface area contributed by atoms with E-state index < -0.39 is 0 Å². The van der Waals surface area contributed by atoms with Gasteiger partial charge in [0, 0.05) is 23.8 Å². The Balaban J connectivity index is 0.00000225. The fraction of sp³-hybridized carbons (Fsp3) is 0.444. The van der Waals surface area contributed by atoms with Gasteiger partial charge in [-0.1, -0.05) is 0 Å². The number of aryl methyl sites for hydroxylation is 1. The quantitative estimate of drug-likeness (QED) is 0.824. The Morgan fingerprint density at radius 1 is 1.36 bits per heavy atom. The summed E-state index contributed by atoms with van der Waals surface area (Å²) in [5, 5.41) is 7.40. The lowest BCUT2D eigenvalue weighted by molar-refractivity contribution is -0.120. The van der Waals surface area contributed by atoms with Crippen LogP contribution < -0.4 is 11.1 Å². The molecule has 7 heteroatoms. The van der Waals surface area contributed by atoms with Crippen LogP contribution in [0.15, 0.2) is 24.3 Å². The van der Waals surface area contributed by atoms with Crippen LogP contribution in [0.2, 0.25) is 0 Å². The van der Waals surface area contributed by atoms with Crippen molar-refractivity contribution >= 4 is 18.3 Å². The summed E-state index contributed by atoms with van der Waals surface area (Å²) in [6.07, 6.45) is 2.61. The molecule has 25 heavy (non-hydrogen) atoms. The van der Waals surface area contributed by atoms with E-state index in [-0.39, 0.29) is 36.6 Å². The van der Waals surface area contributed by atoms with Gasteiger partial charge in [-0.15, -0.1) is 12.4 Å². The van der Waals surface area contributed by atoms with Gasteiger partial charge in [0.1, 0.15) is 5.82 Å². The Kier molecular flexibility index (Phi) is 6.19. The Labute approximate surface area is 153 Å². The molecule has 1 atom stereocenters. The van der Waals surface area contributed by atoms with Gasteiger partial charge in [-0.2, -0.15) is 5.10 Å². The topological polar surface area (TPSA) is 72.9 Å². The highest BCUT2D eigenvalue weighted by atomic mass is 35.5. The van der Waals surface area contributed by atoms with E-state index in [9.17, 15) is 9.18 Å². The fourth-order valence-corrected chi connectivity index (χ4v) is 2.91. The third-order valence-electron chi connectivity index (χ3n) is 4.61. The lowest BCUT2D eigenvalue weighted by atomic mass is 10.1. The molecule has 0 radical (unpaired) electrons. The Morgan fingerprint density at radius 3 is 2.60 bits per heavy atom. The van der Waals surface area contributed by atoms with Crippen LogP contribution in [0.4, 0.5) is 4.39 Å². The zero-order valence-electron chi connectivity index (χ0n) is 14.5. The molecule has 1 aromatic heterocycles. The largest absolute Gasteiger partial charge is 0.354 e. The van der Waals surface area contributed by atoms with Crippen molar-refractivity contribution in [2.75, 3.05) is 6.54 Å². The summed E-state index contributed by atoms with van der Waals surface area (Å²) in [6, 6.07) is 6.20. The summed E-state index contributed by atoms with van der Waals surface area (Å²) in [5.74, 6) is 0.234. The van der Waals surface area contributed by atoms with E-state index in [0.29, 0.717) is 12.5 Å². The van der Waals surface area contributed by atoms with Crippen molar-refractivity contribution in [3.05, 3.63) is 47.0 Å². The van der Waals surface area contributed by atoms with Gasteiger partial charge < -0.3 is 11.1 Å². The van der Waals surface area contributed by atoms with Gasteiger partial charge in [-0.3, -0.25) is 4.79 Å². The first-order valence-corrected chi connectivity index (χ1v) is 8.29. The second kappa shape index (κ2) is 7.97. The first-order chi connectivity index (χ1) is 11.5. The molecule has 1 unspecified atom stereocenters. The predicted octanol–water partition coefficient (Wildman–Crippen LogP) is 2.45. The first-order valence-electron chi connectivity index (χ1n) is 8.29. The van der Waals surface area contributed by atoms with Crippen molar-refractivity contribution in [1.29, 1.82) is 0 Å². The van der Waals surface area contributed by atoms with Gasteiger partial charge in [0.2, 0.25) is 5.91 Å². The lowest BCUT2D eigenvalue weighted by Crippen LogP contribution is -2.39. The molecule has 0 bridgehead atoms. The molecule has 1 aliphatic carbocycles. The highest BCUT2D eigenvalue weighted by Gasteiger charge is 2.28. The zero-order valence-corrected chi connectivity index (χ0v) is 15.3. The van der Waals surface area contributed by atoms with Crippen LogP contribution in [0.3, 0.4) is 0 Å². The number of halogens is 2. The maximum absolute atomic E-state index is 13.1. The van der Waals surface area contributed by atoms with E-state index in [1.54, 1.807) is 16.8 Å². The molecule has 1 fully saturated rings. The van der Waals surface area contributed by atoms with Crippen LogP contribution in [-0.4, -0.2) is 28.3 Å². The minimum Gasteiger partial charge on any atom is -0.354 e. The molecule has 136 valence electrons. The Hall–Kier alpha value is -1.92. The van der Waals surface area contributed by atoms with Gasteiger partial charge in [0.15, 0.2) is 0 Å². The normalized spacial score (nSPS) is 14.7. The van der Waals surface area contributed by atoms with Crippen molar-refractivity contribution < 1.29 is 9.18 Å². The second-order valence-electron chi connectivity index (χ2n) is 6.52. The number of nitrogens with zero attached hydrogens (tertiary/aromatic N) is 2. The van der Waals surface area contributed by atoms with Crippen molar-refractivity contribution in [1.82, 2.24) is 15.1 Å². The molecule has 0 spiro atoms. The van der Waals surface area contributed by atoms with E-state index in [2.05, 4.69) is 10.4 Å². The maximum Gasteiger partial charge on any atom is 0.224 e. The number of nitrogens with one attached hydrogen (secondary N) is 1. The van der Waals surface area contributed by atoms with Crippen LogP contribution in [0, 0.1) is 25.6 Å². The van der Waals surface area contributed by atoms with Crippen molar-refractivity contribution in [2.45, 2.75) is 39.2 Å². The number of rotatable bonds is 6. The van der Waals surface area contributed by atoms with Crippen LogP contribution >= 0.6 is 12.4 Å². The molecule has 1 aromatic carbocycles. The van der Waals surface area contributed by atoms with E-state index in [1.807, 2.05) is 13.8 Å². The molecule has 1 saturated carbocycles. The molecule has 3 rings (SSSR count). The third kappa shape index (κ3) is 4.58. The average Bonchev–Trinajstić information content (AvgIpc) is 3.37. The standard InChI is InChI=1S/C18H23FN4O.ClH/c1-11-16(9-18(24)21-10-17(20)13-3-4-13)12(2)23(22-11)15-7-5-14(19)6-8-15;/h5-8,13,17H,3-4,9-10,20H2,1-2H3,(H,21,24);1H. The smallest absolute Gasteiger partial charge is 0.224 e. The van der Waals surface area contributed by atoms with Crippen LogP contribution in [0.1, 0.15) is 29.8 Å². The minimum atomic E-state index is -0.285. The zero-order chi connectivity index (χ0) is 17.3. The van der Waals surface area contributed by atoms with Crippen LogP contribution in [0.5, 0.6) is 0 Å². The number of benzene rings is 1. The van der Waals surface area contributed by atoms with Gasteiger partial charge in [0.05, 0.1) is 17.8 Å². The summed E-state index contributed by atoms with van der Waals surface area (Å²) in [7, 11) is 0. The highest BCUT2D eigenvalue weighted by molar-refractivity contribution is 5.85. The van der Waals surface area contributed by atoms with E-state index in [1.165, 1.54) is 25.0 Å². The van der Waals surface area contributed by atoms with Crippen molar-refractivity contribution in [2.24, 2.45) is 11.7 Å². The summed E-state index contributed by atoms with van der Waals surface area (Å²) in [6.45, 7) is 4.32. The van der Waals surface area contributed by atoms with Gasteiger partial charge >= 0.3 is 0 Å². The third-order valence-corrected chi connectivity index (χ3v) is 4.61. The first kappa shape index (κ1) is 19.4. The number of amides is 1. The number of hydrogen-bond donors (Lipinski definition) is 2. The number of carbonyl (C=O) groups is 1. The monoisotopic (exact) mass is 366 g/mol. The summed E-state index contributed by atoms with van der Waals surface area (Å²) < 4.78 is 14.8. The molecule has 0 saturated heterocycles. The van der Waals surface area contributed by atoms with Crippen LogP contribution in [0.25, 0.3) is 5.69 Å². The van der Waals surface area contributed by atoms with Crippen molar-refractivity contribution in [3.63, 3.8) is 0 Å². The molecule has 3 N–H and O–H groups in total. The molecule has 1 heterocycles. The second-order valence-corrected chi connectivity index (χ2v) is 6.52. The average molecular weight is 367 g/mol. The molecule has 2 aromatic rings.